The summed E-state index contributed by atoms with van der Waals surface area (Å²) >= 11 is 0. The van der Waals surface area contributed by atoms with Crippen LogP contribution >= 0.6 is 0 Å². The third-order valence-corrected chi connectivity index (χ3v) is 8.42. The van der Waals surface area contributed by atoms with Crippen LogP contribution in [0.4, 0.5) is 0 Å². The molecule has 0 saturated carbocycles. The second-order valence-electron chi connectivity index (χ2n) is 11.9. The molecule has 0 radical (unpaired) electrons. The first-order chi connectivity index (χ1) is 22.5. The second kappa shape index (κ2) is 15.1. The quantitative estimate of drug-likeness (QED) is 0.149. The molecule has 0 N–H and O–H groups in total. The van der Waals surface area contributed by atoms with Crippen molar-refractivity contribution in [3.8, 4) is 17.2 Å². The van der Waals surface area contributed by atoms with Crippen LogP contribution in [0, 0.1) is 0 Å². The van der Waals surface area contributed by atoms with Crippen LogP contribution in [0.2, 0.25) is 0 Å². The van der Waals surface area contributed by atoms with Gasteiger partial charge in [-0.1, -0.05) is 73.3 Å². The zero-order chi connectivity index (χ0) is 31.7. The van der Waals surface area contributed by atoms with E-state index >= 15 is 0 Å². The van der Waals surface area contributed by atoms with E-state index in [4.69, 9.17) is 18.9 Å². The van der Waals surface area contributed by atoms with Crippen LogP contribution in [0.3, 0.4) is 0 Å². The van der Waals surface area contributed by atoms with Crippen molar-refractivity contribution < 1.29 is 23.7 Å². The molecule has 46 heavy (non-hydrogen) atoms. The molecule has 2 heterocycles. The highest BCUT2D eigenvalue weighted by atomic mass is 16.5. The minimum atomic E-state index is -0.0932. The zero-order valence-corrected chi connectivity index (χ0v) is 26.6. The van der Waals surface area contributed by atoms with Crippen molar-refractivity contribution in [3.05, 3.63) is 131 Å². The highest BCUT2D eigenvalue weighted by molar-refractivity contribution is 5.98. The SMILES string of the molecule is C=C(C)c1cc(C(=O)N2Cc3ccc(OCCCN4CCOCC4)cc3C2)c(OCc2ccccc2)cc1OCc1ccccc1. The zero-order valence-electron chi connectivity index (χ0n) is 26.6. The number of fused-ring (bicyclic) bond motifs is 1. The fraction of sp³-hybridized carbons (Fsp3) is 0.308. The summed E-state index contributed by atoms with van der Waals surface area (Å²) in [5, 5.41) is 0. The first-order valence-corrected chi connectivity index (χ1v) is 16.0. The minimum Gasteiger partial charge on any atom is -0.494 e. The number of carbonyl (C=O) groups is 1. The van der Waals surface area contributed by atoms with Crippen molar-refractivity contribution in [1.82, 2.24) is 9.80 Å². The van der Waals surface area contributed by atoms with Gasteiger partial charge in [-0.05, 0) is 59.4 Å². The Balaban J connectivity index is 1.18. The molecule has 1 fully saturated rings. The fourth-order valence-corrected chi connectivity index (χ4v) is 5.85. The summed E-state index contributed by atoms with van der Waals surface area (Å²) in [6.07, 6.45) is 0.962. The Morgan fingerprint density at radius 2 is 1.39 bits per heavy atom. The first kappa shape index (κ1) is 31.4. The van der Waals surface area contributed by atoms with Gasteiger partial charge >= 0.3 is 0 Å². The third-order valence-electron chi connectivity index (χ3n) is 8.42. The Labute approximate surface area is 272 Å². The average molecular weight is 619 g/mol. The van der Waals surface area contributed by atoms with Gasteiger partial charge in [0.25, 0.3) is 5.91 Å². The van der Waals surface area contributed by atoms with Crippen molar-refractivity contribution in [2.75, 3.05) is 39.5 Å². The summed E-state index contributed by atoms with van der Waals surface area (Å²) < 4.78 is 24.2. The number of allylic oxidation sites excluding steroid dienone is 1. The number of benzene rings is 4. The molecule has 0 aromatic heterocycles. The molecule has 4 aromatic rings. The molecule has 1 saturated heterocycles. The van der Waals surface area contributed by atoms with E-state index in [0.29, 0.717) is 50.0 Å². The lowest BCUT2D eigenvalue weighted by Crippen LogP contribution is -2.37. The fourth-order valence-electron chi connectivity index (χ4n) is 5.85. The molecule has 4 aromatic carbocycles. The molecule has 0 aliphatic carbocycles. The number of rotatable bonds is 13. The number of hydrogen-bond donors (Lipinski definition) is 0. The van der Waals surface area contributed by atoms with Gasteiger partial charge in [-0.2, -0.15) is 0 Å². The lowest BCUT2D eigenvalue weighted by molar-refractivity contribution is 0.0358. The molecule has 1 amide bonds. The van der Waals surface area contributed by atoms with E-state index in [0.717, 1.165) is 78.4 Å². The van der Waals surface area contributed by atoms with Gasteiger partial charge in [-0.15, -0.1) is 0 Å². The van der Waals surface area contributed by atoms with Crippen molar-refractivity contribution in [2.45, 2.75) is 39.6 Å². The van der Waals surface area contributed by atoms with E-state index in [2.05, 4.69) is 23.6 Å². The van der Waals surface area contributed by atoms with E-state index in [1.807, 2.05) is 90.7 Å². The summed E-state index contributed by atoms with van der Waals surface area (Å²) in [5.41, 5.74) is 6.40. The highest BCUT2D eigenvalue weighted by Gasteiger charge is 2.28. The molecule has 2 aliphatic rings. The molecule has 6 rings (SSSR count). The van der Waals surface area contributed by atoms with E-state index in [1.54, 1.807) is 0 Å². The van der Waals surface area contributed by atoms with Crippen LogP contribution in [0.1, 0.15) is 51.5 Å². The molecule has 0 unspecified atom stereocenters. The molecule has 238 valence electrons. The first-order valence-electron chi connectivity index (χ1n) is 16.0. The van der Waals surface area contributed by atoms with E-state index in [1.165, 1.54) is 0 Å². The van der Waals surface area contributed by atoms with Gasteiger partial charge in [0.2, 0.25) is 0 Å². The van der Waals surface area contributed by atoms with Gasteiger partial charge in [0.1, 0.15) is 30.5 Å². The topological polar surface area (TPSA) is 60.5 Å². The number of ether oxygens (including phenoxy) is 4. The monoisotopic (exact) mass is 618 g/mol. The molecule has 0 bridgehead atoms. The molecule has 7 nitrogen and oxygen atoms in total. The largest absolute Gasteiger partial charge is 0.494 e. The predicted octanol–water partition coefficient (Wildman–Crippen LogP) is 7.13. The van der Waals surface area contributed by atoms with Gasteiger partial charge in [-0.3, -0.25) is 9.69 Å². The lowest BCUT2D eigenvalue weighted by Gasteiger charge is -2.26. The number of amides is 1. The Morgan fingerprint density at radius 1 is 0.761 bits per heavy atom. The molecular formula is C39H42N2O5. The van der Waals surface area contributed by atoms with Crippen molar-refractivity contribution >= 4 is 11.5 Å². The third kappa shape index (κ3) is 7.97. The maximum absolute atomic E-state index is 14.2. The van der Waals surface area contributed by atoms with Crippen LogP contribution < -0.4 is 14.2 Å². The van der Waals surface area contributed by atoms with Crippen molar-refractivity contribution in [2.24, 2.45) is 0 Å². The maximum Gasteiger partial charge on any atom is 0.258 e. The molecule has 7 heteroatoms. The summed E-state index contributed by atoms with van der Waals surface area (Å²) in [7, 11) is 0. The van der Waals surface area contributed by atoms with Gasteiger partial charge in [-0.25, -0.2) is 0 Å². The number of nitrogens with zero attached hydrogens (tertiary/aromatic N) is 2. The second-order valence-corrected chi connectivity index (χ2v) is 11.9. The van der Waals surface area contributed by atoms with Crippen LogP contribution in [0.15, 0.2) is 97.6 Å². The summed E-state index contributed by atoms with van der Waals surface area (Å²) in [6.45, 7) is 13.1. The molecule has 0 atom stereocenters. The normalized spacial score (nSPS) is 14.5. The smallest absolute Gasteiger partial charge is 0.258 e. The Bertz CT molecular complexity index is 1630. The number of morpholine rings is 1. The molecule has 2 aliphatic heterocycles. The standard InChI is InChI=1S/C39H42N2O5/c1-29(2)35-23-36(38(46-28-31-12-7-4-8-13-31)24-37(35)45-27-30-10-5-3-6-11-30)39(42)41-25-32-14-15-34(22-33(32)26-41)44-19-9-16-40-17-20-43-21-18-40/h3-8,10-15,22-24H,1,9,16-21,25-28H2,2H3. The van der Waals surface area contributed by atoms with Crippen LogP contribution in [0.25, 0.3) is 5.57 Å². The summed E-state index contributed by atoms with van der Waals surface area (Å²) in [5.74, 6) is 1.87. The van der Waals surface area contributed by atoms with Gasteiger partial charge in [0.15, 0.2) is 0 Å². The minimum absolute atomic E-state index is 0.0932. The number of hydrogen-bond acceptors (Lipinski definition) is 6. The van der Waals surface area contributed by atoms with Crippen LogP contribution in [0.5, 0.6) is 17.2 Å². The predicted molar refractivity (Wildman–Crippen MR) is 180 cm³/mol. The molecular weight excluding hydrogens is 576 g/mol. The Morgan fingerprint density at radius 3 is 2.04 bits per heavy atom. The van der Waals surface area contributed by atoms with Crippen molar-refractivity contribution in [3.63, 3.8) is 0 Å². The van der Waals surface area contributed by atoms with Crippen LogP contribution in [-0.2, 0) is 31.0 Å². The van der Waals surface area contributed by atoms with E-state index in [-0.39, 0.29) is 5.91 Å². The van der Waals surface area contributed by atoms with E-state index < -0.39 is 0 Å². The van der Waals surface area contributed by atoms with Crippen molar-refractivity contribution in [1.29, 1.82) is 0 Å². The lowest BCUT2D eigenvalue weighted by atomic mass is 10.0. The average Bonchev–Trinajstić information content (AvgIpc) is 3.53. The van der Waals surface area contributed by atoms with Gasteiger partial charge < -0.3 is 23.8 Å². The van der Waals surface area contributed by atoms with Gasteiger partial charge in [0.05, 0.1) is 25.4 Å². The summed E-state index contributed by atoms with van der Waals surface area (Å²) in [4.78, 5) is 18.5. The Hall–Kier alpha value is -4.59. The van der Waals surface area contributed by atoms with Crippen LogP contribution in [-0.4, -0.2) is 55.2 Å². The van der Waals surface area contributed by atoms with E-state index in [9.17, 15) is 4.79 Å². The summed E-state index contributed by atoms with van der Waals surface area (Å²) in [6, 6.07) is 29.8. The highest BCUT2D eigenvalue weighted by Crippen LogP contribution is 2.36. The number of carbonyl (C=O) groups excluding carboxylic acids is 1. The molecule has 0 spiro atoms. The Kier molecular flexibility index (Phi) is 10.3. The maximum atomic E-state index is 14.2. The van der Waals surface area contributed by atoms with Gasteiger partial charge in [0, 0.05) is 44.4 Å².